The summed E-state index contributed by atoms with van der Waals surface area (Å²) in [4.78, 5) is 7.72. The average Bonchev–Trinajstić information content (AvgIpc) is 2.84. The van der Waals surface area contributed by atoms with E-state index in [1.807, 2.05) is 18.3 Å². The van der Waals surface area contributed by atoms with Crippen molar-refractivity contribution in [2.24, 2.45) is 5.73 Å². The Hall–Kier alpha value is -1.61. The van der Waals surface area contributed by atoms with Gasteiger partial charge in [0.1, 0.15) is 5.82 Å². The van der Waals surface area contributed by atoms with Gasteiger partial charge in [-0.1, -0.05) is 24.3 Å². The minimum absolute atomic E-state index is 0.180. The van der Waals surface area contributed by atoms with Gasteiger partial charge in [0.05, 0.1) is 17.4 Å². The number of aromatic nitrogens is 2. The van der Waals surface area contributed by atoms with E-state index in [2.05, 4.69) is 29.0 Å². The normalized spacial score (nSPS) is 17.4. The summed E-state index contributed by atoms with van der Waals surface area (Å²) in [5.41, 5.74) is 9.43. The Morgan fingerprint density at radius 2 is 2.06 bits per heavy atom. The fourth-order valence-electron chi connectivity index (χ4n) is 1.96. The van der Waals surface area contributed by atoms with Crippen molar-refractivity contribution < 1.29 is 0 Å². The summed E-state index contributed by atoms with van der Waals surface area (Å²) < 4.78 is 0. The summed E-state index contributed by atoms with van der Waals surface area (Å²) in [6.45, 7) is 2.10. The van der Waals surface area contributed by atoms with E-state index in [1.54, 1.807) is 0 Å². The van der Waals surface area contributed by atoms with Gasteiger partial charge in [0.2, 0.25) is 0 Å². The van der Waals surface area contributed by atoms with E-state index in [1.165, 1.54) is 11.1 Å². The van der Waals surface area contributed by atoms with Gasteiger partial charge in [0, 0.05) is 5.56 Å². The number of aromatic amines is 1. The monoisotopic (exact) mass is 213 g/mol. The van der Waals surface area contributed by atoms with Crippen molar-refractivity contribution in [1.82, 2.24) is 9.97 Å². The predicted octanol–water partition coefficient (Wildman–Crippen LogP) is 2.33. The van der Waals surface area contributed by atoms with Gasteiger partial charge in [-0.05, 0) is 25.3 Å². The molecule has 1 aromatic heterocycles. The highest BCUT2D eigenvalue weighted by molar-refractivity contribution is 5.62. The first-order chi connectivity index (χ1) is 7.69. The predicted molar refractivity (Wildman–Crippen MR) is 63.9 cm³/mol. The summed E-state index contributed by atoms with van der Waals surface area (Å²) in [5.74, 6) is 0.922. The third kappa shape index (κ3) is 1.44. The number of hydrogen-bond donors (Lipinski definition) is 2. The Morgan fingerprint density at radius 3 is 2.75 bits per heavy atom. The third-order valence-corrected chi connectivity index (χ3v) is 3.27. The first kappa shape index (κ1) is 9.60. The van der Waals surface area contributed by atoms with Crippen LogP contribution in [0.5, 0.6) is 0 Å². The molecular weight excluding hydrogens is 198 g/mol. The maximum Gasteiger partial charge on any atom is 0.126 e. The Bertz CT molecular complexity index is 523. The van der Waals surface area contributed by atoms with Gasteiger partial charge < -0.3 is 10.7 Å². The number of H-pyrrole nitrogens is 1. The molecule has 2 aromatic rings. The van der Waals surface area contributed by atoms with Crippen LogP contribution in [0.4, 0.5) is 0 Å². The Kier molecular flexibility index (Phi) is 1.91. The fourth-order valence-corrected chi connectivity index (χ4v) is 1.96. The molecule has 0 saturated heterocycles. The first-order valence-corrected chi connectivity index (χ1v) is 5.59. The molecule has 0 aliphatic heterocycles. The van der Waals surface area contributed by atoms with Crippen LogP contribution < -0.4 is 5.73 Å². The number of imidazole rings is 1. The maximum absolute atomic E-state index is 6.10. The maximum atomic E-state index is 6.10. The van der Waals surface area contributed by atoms with Crippen molar-refractivity contribution >= 4 is 0 Å². The molecule has 0 atom stereocenters. The summed E-state index contributed by atoms with van der Waals surface area (Å²) in [7, 11) is 0. The van der Waals surface area contributed by atoms with Crippen molar-refractivity contribution in [3.63, 3.8) is 0 Å². The molecule has 1 aliphatic carbocycles. The van der Waals surface area contributed by atoms with E-state index in [0.29, 0.717) is 0 Å². The van der Waals surface area contributed by atoms with E-state index in [0.717, 1.165) is 24.4 Å². The lowest BCUT2D eigenvalue weighted by molar-refractivity contribution is 0.685. The minimum atomic E-state index is -0.180. The standard InChI is InChI=1S/C13H15N3/c1-9-4-2-3-5-10(9)11-8-15-12(16-11)13(14)6-7-13/h2-5,8H,6-7,14H2,1H3,(H,15,16). The van der Waals surface area contributed by atoms with Crippen LogP contribution in [-0.4, -0.2) is 9.97 Å². The van der Waals surface area contributed by atoms with Crippen LogP contribution in [0.25, 0.3) is 11.3 Å². The topological polar surface area (TPSA) is 54.7 Å². The van der Waals surface area contributed by atoms with Crippen molar-refractivity contribution in [2.75, 3.05) is 0 Å². The van der Waals surface area contributed by atoms with Crippen LogP contribution in [-0.2, 0) is 5.54 Å². The molecule has 0 bridgehead atoms. The first-order valence-electron chi connectivity index (χ1n) is 5.59. The number of nitrogens with one attached hydrogen (secondary N) is 1. The van der Waals surface area contributed by atoms with Crippen LogP contribution in [0, 0.1) is 6.92 Å². The zero-order valence-electron chi connectivity index (χ0n) is 9.33. The second kappa shape index (κ2) is 3.19. The highest BCUT2D eigenvalue weighted by Gasteiger charge is 2.42. The summed E-state index contributed by atoms with van der Waals surface area (Å²) in [5, 5.41) is 0. The molecule has 16 heavy (non-hydrogen) atoms. The van der Waals surface area contributed by atoms with E-state index < -0.39 is 0 Å². The number of aryl methyl sites for hydroxylation is 1. The zero-order chi connectivity index (χ0) is 11.2. The molecule has 0 radical (unpaired) electrons. The number of rotatable bonds is 2. The molecule has 1 saturated carbocycles. The van der Waals surface area contributed by atoms with Crippen LogP contribution >= 0.6 is 0 Å². The van der Waals surface area contributed by atoms with Crippen LogP contribution in [0.1, 0.15) is 24.2 Å². The van der Waals surface area contributed by atoms with Gasteiger partial charge >= 0.3 is 0 Å². The van der Waals surface area contributed by atoms with Crippen molar-refractivity contribution in [1.29, 1.82) is 0 Å². The third-order valence-electron chi connectivity index (χ3n) is 3.27. The summed E-state index contributed by atoms with van der Waals surface area (Å²) in [6, 6.07) is 8.29. The highest BCUT2D eigenvalue weighted by atomic mass is 15.0. The molecule has 1 aliphatic rings. The van der Waals surface area contributed by atoms with Gasteiger partial charge in [0.25, 0.3) is 0 Å². The molecule has 1 fully saturated rings. The Morgan fingerprint density at radius 1 is 1.31 bits per heavy atom. The highest BCUT2D eigenvalue weighted by Crippen LogP contribution is 2.41. The van der Waals surface area contributed by atoms with E-state index in [9.17, 15) is 0 Å². The number of nitrogens with two attached hydrogens (primary N) is 1. The second-order valence-electron chi connectivity index (χ2n) is 4.62. The van der Waals surface area contributed by atoms with E-state index >= 15 is 0 Å². The van der Waals surface area contributed by atoms with E-state index in [4.69, 9.17) is 5.73 Å². The number of benzene rings is 1. The Balaban J connectivity index is 2.02. The molecule has 3 rings (SSSR count). The largest absolute Gasteiger partial charge is 0.340 e. The lowest BCUT2D eigenvalue weighted by Crippen LogP contribution is -2.20. The van der Waals surface area contributed by atoms with E-state index in [-0.39, 0.29) is 5.54 Å². The molecule has 1 aromatic carbocycles. The molecular formula is C13H15N3. The lowest BCUT2D eigenvalue weighted by atomic mass is 10.1. The molecule has 82 valence electrons. The van der Waals surface area contributed by atoms with Crippen LogP contribution in [0.3, 0.4) is 0 Å². The quantitative estimate of drug-likeness (QED) is 0.804. The van der Waals surface area contributed by atoms with Crippen molar-refractivity contribution in [3.8, 4) is 11.3 Å². The molecule has 0 amide bonds. The van der Waals surface area contributed by atoms with Gasteiger partial charge in [-0.15, -0.1) is 0 Å². The SMILES string of the molecule is Cc1ccccc1-c1cnc(C2(N)CC2)[nH]1. The molecule has 3 nitrogen and oxygen atoms in total. The average molecular weight is 213 g/mol. The van der Waals surface area contributed by atoms with Gasteiger partial charge in [-0.3, -0.25) is 0 Å². The molecule has 0 unspecified atom stereocenters. The van der Waals surface area contributed by atoms with Gasteiger partial charge in [-0.25, -0.2) is 4.98 Å². The molecule has 3 N–H and O–H groups in total. The summed E-state index contributed by atoms with van der Waals surface area (Å²) in [6.07, 6.45) is 3.95. The van der Waals surface area contributed by atoms with Gasteiger partial charge in [-0.2, -0.15) is 0 Å². The minimum Gasteiger partial charge on any atom is -0.340 e. The van der Waals surface area contributed by atoms with Crippen LogP contribution in [0.2, 0.25) is 0 Å². The molecule has 1 heterocycles. The number of nitrogens with zero attached hydrogens (tertiary/aromatic N) is 1. The zero-order valence-corrected chi connectivity index (χ0v) is 9.33. The summed E-state index contributed by atoms with van der Waals surface area (Å²) >= 11 is 0. The van der Waals surface area contributed by atoms with Crippen molar-refractivity contribution in [2.45, 2.75) is 25.3 Å². The molecule has 0 spiro atoms. The smallest absolute Gasteiger partial charge is 0.126 e. The fraction of sp³-hybridized carbons (Fsp3) is 0.308. The Labute approximate surface area is 94.7 Å². The lowest BCUT2D eigenvalue weighted by Gasteiger charge is -2.04. The van der Waals surface area contributed by atoms with Crippen LogP contribution in [0.15, 0.2) is 30.5 Å². The molecule has 3 heteroatoms. The number of hydrogen-bond acceptors (Lipinski definition) is 2. The van der Waals surface area contributed by atoms with Crippen molar-refractivity contribution in [3.05, 3.63) is 41.9 Å². The van der Waals surface area contributed by atoms with Gasteiger partial charge in [0.15, 0.2) is 0 Å². The second-order valence-corrected chi connectivity index (χ2v) is 4.62.